The van der Waals surface area contributed by atoms with E-state index in [0.29, 0.717) is 13.2 Å². The van der Waals surface area contributed by atoms with Crippen molar-refractivity contribution in [3.05, 3.63) is 35.4 Å². The van der Waals surface area contributed by atoms with Crippen molar-refractivity contribution in [1.29, 1.82) is 0 Å². The molecule has 1 aromatic rings. The van der Waals surface area contributed by atoms with Gasteiger partial charge in [0.05, 0.1) is 37.9 Å². The van der Waals surface area contributed by atoms with Gasteiger partial charge in [-0.3, -0.25) is 4.79 Å². The van der Waals surface area contributed by atoms with E-state index in [2.05, 4.69) is 6.92 Å². The lowest BCUT2D eigenvalue weighted by Gasteiger charge is -2.42. The summed E-state index contributed by atoms with van der Waals surface area (Å²) in [5.41, 5.74) is 4.97. The minimum absolute atomic E-state index is 0.0367. The fraction of sp³-hybridized carbons (Fsp3) is 0.611. The van der Waals surface area contributed by atoms with Crippen LogP contribution >= 0.6 is 0 Å². The zero-order valence-corrected chi connectivity index (χ0v) is 14.6. The second-order valence-corrected chi connectivity index (χ2v) is 6.34. The molecule has 1 aromatic carbocycles. The molecule has 0 spiro atoms. The maximum absolute atomic E-state index is 14.3. The minimum atomic E-state index is -1.43. The van der Waals surface area contributed by atoms with Gasteiger partial charge in [-0.05, 0) is 18.9 Å². The topological polar surface area (TPSA) is 70.8 Å². The maximum atomic E-state index is 14.3. The summed E-state index contributed by atoms with van der Waals surface area (Å²) in [5, 5.41) is 0. The molecule has 0 amide bonds. The van der Waals surface area contributed by atoms with E-state index in [-0.39, 0.29) is 24.7 Å². The van der Waals surface area contributed by atoms with Gasteiger partial charge in [0.2, 0.25) is 0 Å². The second kappa shape index (κ2) is 8.69. The molecule has 0 bridgehead atoms. The molecule has 1 saturated heterocycles. The molecule has 0 saturated carbocycles. The van der Waals surface area contributed by atoms with Gasteiger partial charge in [0.15, 0.2) is 0 Å². The van der Waals surface area contributed by atoms with Crippen molar-refractivity contribution >= 4 is 5.97 Å². The van der Waals surface area contributed by atoms with Gasteiger partial charge in [-0.1, -0.05) is 19.4 Å². The largest absolute Gasteiger partial charge is 0.469 e. The average molecular weight is 357 g/mol. The van der Waals surface area contributed by atoms with Crippen molar-refractivity contribution in [2.24, 2.45) is 11.7 Å². The third kappa shape index (κ3) is 4.54. The first kappa shape index (κ1) is 19.8. The predicted octanol–water partition coefficient (Wildman–Crippen LogP) is 2.51. The van der Waals surface area contributed by atoms with Gasteiger partial charge < -0.3 is 19.9 Å². The molecule has 3 atom stereocenters. The SMILES string of the molecule is CCCCOC[C@H]1C[C@@H](C(=O)OC)[C@](N)(c2ccc(F)cc2F)CO1. The van der Waals surface area contributed by atoms with Crippen LogP contribution in [0.2, 0.25) is 0 Å². The number of nitrogens with two attached hydrogens (primary N) is 1. The Morgan fingerprint density at radius 3 is 2.84 bits per heavy atom. The Kier molecular flexibility index (Phi) is 6.87. The average Bonchev–Trinajstić information content (AvgIpc) is 2.59. The summed E-state index contributed by atoms with van der Waals surface area (Å²) < 4.78 is 43.6. The number of hydrogen-bond donors (Lipinski definition) is 1. The summed E-state index contributed by atoms with van der Waals surface area (Å²) in [6.07, 6.45) is 1.87. The molecule has 1 fully saturated rings. The Morgan fingerprint density at radius 1 is 1.44 bits per heavy atom. The van der Waals surface area contributed by atoms with E-state index < -0.39 is 29.1 Å². The van der Waals surface area contributed by atoms with Crippen LogP contribution in [0.1, 0.15) is 31.7 Å². The van der Waals surface area contributed by atoms with Crippen molar-refractivity contribution in [3.8, 4) is 0 Å². The molecule has 0 radical (unpaired) electrons. The number of rotatable bonds is 7. The van der Waals surface area contributed by atoms with Crippen LogP contribution in [0.4, 0.5) is 8.78 Å². The molecule has 1 heterocycles. The van der Waals surface area contributed by atoms with E-state index in [1.807, 2.05) is 0 Å². The van der Waals surface area contributed by atoms with Crippen LogP contribution in [0.5, 0.6) is 0 Å². The van der Waals surface area contributed by atoms with Gasteiger partial charge in [-0.25, -0.2) is 8.78 Å². The van der Waals surface area contributed by atoms with Crippen LogP contribution in [0.15, 0.2) is 18.2 Å². The quantitative estimate of drug-likeness (QED) is 0.600. The Morgan fingerprint density at radius 2 is 2.20 bits per heavy atom. The van der Waals surface area contributed by atoms with Gasteiger partial charge in [0.1, 0.15) is 11.6 Å². The first-order chi connectivity index (χ1) is 11.9. The van der Waals surface area contributed by atoms with Gasteiger partial charge in [0, 0.05) is 18.2 Å². The number of carbonyl (C=O) groups is 1. The molecule has 0 unspecified atom stereocenters. The summed E-state index contributed by atoms with van der Waals surface area (Å²) in [4.78, 5) is 12.3. The number of ether oxygens (including phenoxy) is 3. The molecule has 0 aromatic heterocycles. The van der Waals surface area contributed by atoms with Crippen molar-refractivity contribution in [3.63, 3.8) is 0 Å². The van der Waals surface area contributed by atoms with Crippen molar-refractivity contribution in [2.45, 2.75) is 37.8 Å². The highest BCUT2D eigenvalue weighted by molar-refractivity contribution is 5.74. The third-order valence-electron chi connectivity index (χ3n) is 4.54. The molecule has 1 aliphatic heterocycles. The number of halogens is 2. The zero-order chi connectivity index (χ0) is 18.4. The van der Waals surface area contributed by atoms with E-state index >= 15 is 0 Å². The summed E-state index contributed by atoms with van der Waals surface area (Å²) >= 11 is 0. The van der Waals surface area contributed by atoms with Gasteiger partial charge in [0.25, 0.3) is 0 Å². The number of esters is 1. The number of hydrogen-bond acceptors (Lipinski definition) is 5. The summed E-state index contributed by atoms with van der Waals surface area (Å²) in [6, 6.07) is 3.11. The van der Waals surface area contributed by atoms with E-state index in [0.717, 1.165) is 25.0 Å². The van der Waals surface area contributed by atoms with E-state index in [9.17, 15) is 13.6 Å². The Hall–Kier alpha value is -1.57. The van der Waals surface area contributed by atoms with Gasteiger partial charge in [-0.15, -0.1) is 0 Å². The fourth-order valence-corrected chi connectivity index (χ4v) is 3.06. The summed E-state index contributed by atoms with van der Waals surface area (Å²) in [5.74, 6) is -2.88. The lowest BCUT2D eigenvalue weighted by atomic mass is 9.74. The minimum Gasteiger partial charge on any atom is -0.469 e. The van der Waals surface area contributed by atoms with Crippen LogP contribution in [-0.4, -0.2) is 39.0 Å². The zero-order valence-electron chi connectivity index (χ0n) is 14.6. The number of benzene rings is 1. The van der Waals surface area contributed by atoms with Crippen LogP contribution < -0.4 is 5.73 Å². The van der Waals surface area contributed by atoms with E-state index in [1.165, 1.54) is 13.2 Å². The van der Waals surface area contributed by atoms with Crippen LogP contribution in [0.3, 0.4) is 0 Å². The van der Waals surface area contributed by atoms with E-state index in [1.54, 1.807) is 0 Å². The van der Waals surface area contributed by atoms with Crippen LogP contribution in [0.25, 0.3) is 0 Å². The third-order valence-corrected chi connectivity index (χ3v) is 4.54. The number of unbranched alkanes of at least 4 members (excludes halogenated alkanes) is 1. The highest BCUT2D eigenvalue weighted by Crippen LogP contribution is 2.38. The maximum Gasteiger partial charge on any atom is 0.311 e. The monoisotopic (exact) mass is 357 g/mol. The van der Waals surface area contributed by atoms with Gasteiger partial charge >= 0.3 is 5.97 Å². The molecular formula is C18H25F2NO4. The second-order valence-electron chi connectivity index (χ2n) is 6.34. The molecule has 5 nitrogen and oxygen atoms in total. The lowest BCUT2D eigenvalue weighted by Crippen LogP contribution is -2.57. The Balaban J connectivity index is 2.18. The van der Waals surface area contributed by atoms with Crippen molar-refractivity contribution < 1.29 is 27.8 Å². The summed E-state index contributed by atoms with van der Waals surface area (Å²) in [6.45, 7) is 2.92. The first-order valence-corrected chi connectivity index (χ1v) is 8.44. The number of carbonyl (C=O) groups excluding carboxylic acids is 1. The Bertz CT molecular complexity index is 598. The molecule has 7 heteroatoms. The fourth-order valence-electron chi connectivity index (χ4n) is 3.06. The lowest BCUT2D eigenvalue weighted by molar-refractivity contribution is -0.161. The molecule has 1 aliphatic rings. The molecule has 0 aliphatic carbocycles. The molecule has 140 valence electrons. The molecule has 2 rings (SSSR count). The number of methoxy groups -OCH3 is 1. The molecule has 2 N–H and O–H groups in total. The highest BCUT2D eigenvalue weighted by atomic mass is 19.1. The van der Waals surface area contributed by atoms with Crippen molar-refractivity contribution in [1.82, 2.24) is 0 Å². The van der Waals surface area contributed by atoms with Gasteiger partial charge in [-0.2, -0.15) is 0 Å². The van der Waals surface area contributed by atoms with E-state index in [4.69, 9.17) is 19.9 Å². The Labute approximate surface area is 146 Å². The van der Waals surface area contributed by atoms with Crippen molar-refractivity contribution in [2.75, 3.05) is 26.9 Å². The van der Waals surface area contributed by atoms with Crippen LogP contribution in [0, 0.1) is 17.6 Å². The first-order valence-electron chi connectivity index (χ1n) is 8.44. The molecule has 25 heavy (non-hydrogen) atoms. The predicted molar refractivity (Wildman–Crippen MR) is 87.8 cm³/mol. The smallest absolute Gasteiger partial charge is 0.311 e. The van der Waals surface area contributed by atoms with Crippen LogP contribution in [-0.2, 0) is 24.5 Å². The normalized spacial score (nSPS) is 26.4. The molecular weight excluding hydrogens is 332 g/mol. The standard InChI is InChI=1S/C18H25F2NO4/c1-3-4-7-24-10-13-9-15(17(22)23-2)18(21,11-25-13)14-6-5-12(19)8-16(14)20/h5-6,8,13,15H,3-4,7,9-11,21H2,1-2H3/t13-,15+,18-/m1/s1. The summed E-state index contributed by atoms with van der Waals surface area (Å²) in [7, 11) is 1.26. The highest BCUT2D eigenvalue weighted by Gasteiger charge is 2.48.